The molecule has 1 unspecified atom stereocenters. The average Bonchev–Trinajstić information content (AvgIpc) is 2.72. The highest BCUT2D eigenvalue weighted by atomic mass is 32.2. The zero-order valence-corrected chi connectivity index (χ0v) is 9.05. The van der Waals surface area contributed by atoms with Crippen LogP contribution in [0.2, 0.25) is 0 Å². The van der Waals surface area contributed by atoms with E-state index >= 15 is 0 Å². The molecule has 1 aromatic heterocycles. The van der Waals surface area contributed by atoms with E-state index in [1.54, 1.807) is 0 Å². The first kappa shape index (κ1) is 11.6. The number of aryl methyl sites for hydroxylation is 1. The molecule has 80 valence electrons. The molecule has 1 aromatic carbocycles. The van der Waals surface area contributed by atoms with Crippen LogP contribution in [0.4, 0.5) is 0 Å². The molecule has 1 atom stereocenters. The number of rotatable bonds is 1. The number of imidazole rings is 1. The van der Waals surface area contributed by atoms with E-state index < -0.39 is 11.3 Å². The maximum absolute atomic E-state index is 9.98. The van der Waals surface area contributed by atoms with Crippen molar-refractivity contribution in [3.05, 3.63) is 54.6 Å². The van der Waals surface area contributed by atoms with Crippen molar-refractivity contribution in [1.29, 1.82) is 0 Å². The largest absolute Gasteiger partial charge is 0.755 e. The molecular formula is C10H11N2O2S-. The number of aromatic nitrogens is 2. The van der Waals surface area contributed by atoms with Gasteiger partial charge in [0, 0.05) is 12.4 Å². The lowest BCUT2D eigenvalue weighted by Gasteiger charge is -2.01. The first-order valence-corrected chi connectivity index (χ1v) is 5.32. The molecule has 0 radical (unpaired) electrons. The lowest BCUT2D eigenvalue weighted by molar-refractivity contribution is 0.528. The fourth-order valence-electron chi connectivity index (χ4n) is 0.869. The molecule has 0 saturated carbocycles. The van der Waals surface area contributed by atoms with Gasteiger partial charge in [-0.3, -0.25) is 8.18 Å². The van der Waals surface area contributed by atoms with E-state index in [2.05, 4.69) is 24.0 Å². The topological polar surface area (TPSA) is 57.9 Å². The van der Waals surface area contributed by atoms with E-state index in [1.807, 2.05) is 18.2 Å². The van der Waals surface area contributed by atoms with Gasteiger partial charge in [-0.2, -0.15) is 0 Å². The van der Waals surface area contributed by atoms with Crippen molar-refractivity contribution < 1.29 is 8.76 Å². The molecule has 0 amide bonds. The third kappa shape index (κ3) is 4.53. The minimum absolute atomic E-state index is 0.972. The van der Waals surface area contributed by atoms with E-state index in [1.165, 1.54) is 24.3 Å². The minimum atomic E-state index is -2.19. The Kier molecular flexibility index (Phi) is 4.73. The van der Waals surface area contributed by atoms with E-state index in [9.17, 15) is 8.76 Å². The molecular weight excluding hydrogens is 212 g/mol. The van der Waals surface area contributed by atoms with E-state index in [0.29, 0.717) is 0 Å². The lowest BCUT2D eigenvalue weighted by atomic mass is 10.2. The SMILES string of the molecule is Cc1ccccc1.O=S([O-])n1ccnc1. The summed E-state index contributed by atoms with van der Waals surface area (Å²) in [4.78, 5) is 3.51. The molecule has 0 N–H and O–H groups in total. The molecule has 0 aliphatic heterocycles. The summed E-state index contributed by atoms with van der Waals surface area (Å²) in [6.45, 7) is 2.08. The Hall–Kier alpha value is -1.46. The van der Waals surface area contributed by atoms with Crippen LogP contribution in [0.5, 0.6) is 0 Å². The molecule has 0 saturated heterocycles. The smallest absolute Gasteiger partial charge is 0.106 e. The second-order valence-corrected chi connectivity index (χ2v) is 3.65. The van der Waals surface area contributed by atoms with Crippen molar-refractivity contribution in [1.82, 2.24) is 8.96 Å². The van der Waals surface area contributed by atoms with Crippen LogP contribution in [0.25, 0.3) is 0 Å². The van der Waals surface area contributed by atoms with Crippen molar-refractivity contribution in [2.24, 2.45) is 0 Å². The second-order valence-electron chi connectivity index (χ2n) is 2.79. The number of benzene rings is 1. The van der Waals surface area contributed by atoms with Gasteiger partial charge < -0.3 is 4.55 Å². The van der Waals surface area contributed by atoms with Crippen LogP contribution < -0.4 is 0 Å². The summed E-state index contributed by atoms with van der Waals surface area (Å²) in [6.07, 6.45) is 3.96. The van der Waals surface area contributed by atoms with Gasteiger partial charge in [-0.05, 0) is 6.92 Å². The average molecular weight is 223 g/mol. The fourth-order valence-corrected chi connectivity index (χ4v) is 1.15. The standard InChI is InChI=1S/C7H8.C3H4N2O2S/c1-7-5-3-2-4-6-7;6-8(7)5-2-1-4-3-5/h2-6H,1H3;1-3H,(H,6,7)/p-1. The summed E-state index contributed by atoms with van der Waals surface area (Å²) < 4.78 is 20.9. The number of nitrogens with zero attached hydrogens (tertiary/aromatic N) is 2. The van der Waals surface area contributed by atoms with Crippen molar-refractivity contribution in [2.45, 2.75) is 6.92 Å². The Labute approximate surface area is 91.0 Å². The van der Waals surface area contributed by atoms with Crippen LogP contribution in [-0.2, 0) is 11.3 Å². The van der Waals surface area contributed by atoms with Crippen LogP contribution in [0.15, 0.2) is 49.1 Å². The minimum Gasteiger partial charge on any atom is -0.755 e. The maximum atomic E-state index is 9.98. The molecule has 0 spiro atoms. The first-order chi connectivity index (χ1) is 7.20. The van der Waals surface area contributed by atoms with Gasteiger partial charge in [-0.15, -0.1) is 0 Å². The summed E-state index contributed by atoms with van der Waals surface area (Å²) in [7, 11) is 0. The highest BCUT2D eigenvalue weighted by molar-refractivity contribution is 7.77. The quantitative estimate of drug-likeness (QED) is 0.689. The van der Waals surface area contributed by atoms with Crippen LogP contribution in [-0.4, -0.2) is 17.7 Å². The van der Waals surface area contributed by atoms with Crippen LogP contribution in [0.1, 0.15) is 5.56 Å². The van der Waals surface area contributed by atoms with Gasteiger partial charge in [0.15, 0.2) is 0 Å². The van der Waals surface area contributed by atoms with Gasteiger partial charge in [-0.1, -0.05) is 35.9 Å². The Morgan fingerprint density at radius 1 is 1.33 bits per heavy atom. The summed E-state index contributed by atoms with van der Waals surface area (Å²) in [5, 5.41) is 0. The van der Waals surface area contributed by atoms with Gasteiger partial charge in [0.05, 0.1) is 11.3 Å². The van der Waals surface area contributed by atoms with Gasteiger partial charge >= 0.3 is 0 Å². The monoisotopic (exact) mass is 223 g/mol. The Morgan fingerprint density at radius 2 is 2.00 bits per heavy atom. The molecule has 5 heteroatoms. The lowest BCUT2D eigenvalue weighted by Crippen LogP contribution is -1.97. The van der Waals surface area contributed by atoms with Crippen molar-refractivity contribution in [3.63, 3.8) is 0 Å². The molecule has 0 bridgehead atoms. The first-order valence-electron chi connectivity index (χ1n) is 4.29. The molecule has 2 rings (SSSR count). The normalized spacial score (nSPS) is 11.3. The maximum Gasteiger partial charge on any atom is 0.106 e. The van der Waals surface area contributed by atoms with Gasteiger partial charge in [0.25, 0.3) is 0 Å². The molecule has 0 aliphatic carbocycles. The molecule has 0 fully saturated rings. The molecule has 1 heterocycles. The van der Waals surface area contributed by atoms with E-state index in [-0.39, 0.29) is 0 Å². The van der Waals surface area contributed by atoms with Crippen molar-refractivity contribution in [2.75, 3.05) is 0 Å². The fraction of sp³-hybridized carbons (Fsp3) is 0.100. The molecule has 2 aromatic rings. The predicted molar refractivity (Wildman–Crippen MR) is 57.7 cm³/mol. The number of hydrogen-bond donors (Lipinski definition) is 0. The Balaban J connectivity index is 0.000000151. The van der Waals surface area contributed by atoms with Crippen LogP contribution in [0, 0.1) is 6.92 Å². The molecule has 0 aliphatic rings. The molecule has 4 nitrogen and oxygen atoms in total. The van der Waals surface area contributed by atoms with Gasteiger partial charge in [0.1, 0.15) is 6.33 Å². The zero-order chi connectivity index (χ0) is 11.1. The summed E-state index contributed by atoms with van der Waals surface area (Å²) in [5.74, 6) is 0. The summed E-state index contributed by atoms with van der Waals surface area (Å²) >= 11 is -2.19. The predicted octanol–water partition coefficient (Wildman–Crippen LogP) is 1.52. The van der Waals surface area contributed by atoms with Crippen LogP contribution in [0.3, 0.4) is 0 Å². The van der Waals surface area contributed by atoms with Crippen molar-refractivity contribution >= 4 is 11.3 Å². The highest BCUT2D eigenvalue weighted by Crippen LogP contribution is 1.92. The zero-order valence-electron chi connectivity index (χ0n) is 8.24. The molecule has 15 heavy (non-hydrogen) atoms. The third-order valence-electron chi connectivity index (χ3n) is 1.59. The van der Waals surface area contributed by atoms with E-state index in [0.717, 1.165) is 3.97 Å². The van der Waals surface area contributed by atoms with Gasteiger partial charge in [0.2, 0.25) is 0 Å². The number of hydrogen-bond acceptors (Lipinski definition) is 3. The Morgan fingerprint density at radius 3 is 2.27 bits per heavy atom. The summed E-state index contributed by atoms with van der Waals surface area (Å²) in [6, 6.07) is 10.3. The van der Waals surface area contributed by atoms with Crippen LogP contribution >= 0.6 is 0 Å². The van der Waals surface area contributed by atoms with Gasteiger partial charge in [-0.25, -0.2) is 4.98 Å². The van der Waals surface area contributed by atoms with Crippen molar-refractivity contribution in [3.8, 4) is 0 Å². The van der Waals surface area contributed by atoms with E-state index in [4.69, 9.17) is 0 Å². The Bertz CT molecular complexity index is 401. The second kappa shape index (κ2) is 6.10. The third-order valence-corrected chi connectivity index (χ3v) is 2.15. The summed E-state index contributed by atoms with van der Waals surface area (Å²) in [5.41, 5.74) is 1.32. The highest BCUT2D eigenvalue weighted by Gasteiger charge is 1.81.